The summed E-state index contributed by atoms with van der Waals surface area (Å²) in [5.41, 5.74) is 0.278. The van der Waals surface area contributed by atoms with Crippen molar-refractivity contribution in [1.82, 2.24) is 10.2 Å². The molecular weight excluding hydrogens is 404 g/mol. The predicted molar refractivity (Wildman–Crippen MR) is 107 cm³/mol. The van der Waals surface area contributed by atoms with Crippen LogP contribution in [0.25, 0.3) is 6.08 Å². The highest BCUT2D eigenvalue weighted by molar-refractivity contribution is 6.28. The second kappa shape index (κ2) is 7.79. The molecule has 9 nitrogen and oxygen atoms in total. The Morgan fingerprint density at radius 3 is 2.45 bits per heavy atom. The maximum atomic E-state index is 12.7. The number of hydrogen-bond donors (Lipinski definition) is 1. The lowest BCUT2D eigenvalue weighted by Crippen LogP contribution is -2.31. The Morgan fingerprint density at radius 2 is 1.71 bits per heavy atom. The number of carbonyl (C=O) groups excluding carboxylic acids is 4. The van der Waals surface area contributed by atoms with E-state index in [1.54, 1.807) is 30.3 Å². The first-order valence-corrected chi connectivity index (χ1v) is 9.09. The topological polar surface area (TPSA) is 111 Å². The number of benzene rings is 2. The number of imide groups is 1. The van der Waals surface area contributed by atoms with E-state index in [1.807, 2.05) is 0 Å². The first kappa shape index (κ1) is 19.9. The van der Waals surface area contributed by atoms with Crippen molar-refractivity contribution in [2.45, 2.75) is 0 Å². The quantitative estimate of drug-likeness (QED) is 0.266. The van der Waals surface area contributed by atoms with Gasteiger partial charge in [-0.15, -0.1) is 0 Å². The van der Waals surface area contributed by atoms with Gasteiger partial charge in [-0.25, -0.2) is 14.5 Å². The van der Waals surface area contributed by atoms with E-state index in [2.05, 4.69) is 5.32 Å². The van der Waals surface area contributed by atoms with E-state index < -0.39 is 29.3 Å². The number of methoxy groups -OCH3 is 2. The van der Waals surface area contributed by atoms with Gasteiger partial charge in [-0.05, 0) is 35.9 Å². The second-order valence-electron chi connectivity index (χ2n) is 6.54. The number of carbonyl (C=O) groups is 4. The highest BCUT2D eigenvalue weighted by Crippen LogP contribution is 2.30. The summed E-state index contributed by atoms with van der Waals surface area (Å²) in [7, 11) is 2.97. The minimum atomic E-state index is -0.943. The van der Waals surface area contributed by atoms with Crippen LogP contribution in [0.15, 0.2) is 59.9 Å². The zero-order chi connectivity index (χ0) is 22.1. The fourth-order valence-electron chi connectivity index (χ4n) is 3.15. The molecule has 2 heterocycles. The van der Waals surface area contributed by atoms with Crippen molar-refractivity contribution in [3.05, 3.63) is 71.1 Å². The molecule has 9 heteroatoms. The summed E-state index contributed by atoms with van der Waals surface area (Å²) in [5.74, 6) is -1.23. The third kappa shape index (κ3) is 3.52. The molecule has 2 aliphatic heterocycles. The van der Waals surface area contributed by atoms with Crippen LogP contribution in [0.4, 0.5) is 4.79 Å². The molecule has 0 spiro atoms. The maximum Gasteiger partial charge on any atom is 0.349 e. The summed E-state index contributed by atoms with van der Waals surface area (Å²) >= 11 is 0. The summed E-state index contributed by atoms with van der Waals surface area (Å²) in [6.07, 6.45) is 2.34. The molecule has 1 saturated heterocycles. The smallest absolute Gasteiger partial charge is 0.349 e. The van der Waals surface area contributed by atoms with E-state index in [9.17, 15) is 19.2 Å². The molecule has 0 aliphatic carbocycles. The van der Waals surface area contributed by atoms with E-state index in [1.165, 1.54) is 32.4 Å². The number of Topliss-reactive ketones (excluding diaryl/α,β-unsaturated/α-hetero) is 1. The predicted octanol–water partition coefficient (Wildman–Crippen LogP) is 2.28. The van der Waals surface area contributed by atoms with Gasteiger partial charge in [0.15, 0.2) is 11.5 Å². The van der Waals surface area contributed by atoms with Crippen molar-refractivity contribution in [3.8, 4) is 17.2 Å². The molecule has 0 unspecified atom stereocenters. The molecule has 156 valence electrons. The molecule has 4 rings (SSSR count). The van der Waals surface area contributed by atoms with Gasteiger partial charge in [0.05, 0.1) is 19.8 Å². The lowest BCUT2D eigenvalue weighted by Gasteiger charge is -2.17. The number of nitrogens with zero attached hydrogens (tertiary/aromatic N) is 1. The average molecular weight is 420 g/mol. The summed E-state index contributed by atoms with van der Waals surface area (Å²) in [6, 6.07) is 10.4. The van der Waals surface area contributed by atoms with E-state index >= 15 is 0 Å². The van der Waals surface area contributed by atoms with E-state index in [4.69, 9.17) is 14.2 Å². The number of rotatable bonds is 4. The molecule has 0 aromatic heterocycles. The van der Waals surface area contributed by atoms with Crippen LogP contribution in [0.1, 0.15) is 15.9 Å². The third-order valence-electron chi connectivity index (χ3n) is 4.69. The van der Waals surface area contributed by atoms with Gasteiger partial charge in [0, 0.05) is 6.20 Å². The highest BCUT2D eigenvalue weighted by Gasteiger charge is 2.37. The van der Waals surface area contributed by atoms with E-state index in [0.29, 0.717) is 22.0 Å². The third-order valence-corrected chi connectivity index (χ3v) is 4.69. The van der Waals surface area contributed by atoms with Crippen LogP contribution in [0, 0.1) is 0 Å². The number of esters is 1. The van der Waals surface area contributed by atoms with Gasteiger partial charge in [-0.1, -0.05) is 18.2 Å². The molecule has 3 amide bonds. The molecule has 1 N–H and O–H groups in total. The van der Waals surface area contributed by atoms with Crippen LogP contribution in [0.2, 0.25) is 0 Å². The summed E-state index contributed by atoms with van der Waals surface area (Å²) < 4.78 is 15.5. The molecule has 0 radical (unpaired) electrons. The van der Waals surface area contributed by atoms with Crippen LogP contribution < -0.4 is 19.5 Å². The zero-order valence-corrected chi connectivity index (χ0v) is 16.5. The second-order valence-corrected chi connectivity index (χ2v) is 6.54. The number of urea groups is 1. The number of hydrogen-bond acceptors (Lipinski definition) is 7. The lowest BCUT2D eigenvalue weighted by molar-refractivity contribution is -0.130. The number of para-hydroxylation sites is 1. The van der Waals surface area contributed by atoms with Gasteiger partial charge < -0.3 is 19.5 Å². The molecule has 0 saturated carbocycles. The fourth-order valence-corrected chi connectivity index (χ4v) is 3.15. The van der Waals surface area contributed by atoms with Gasteiger partial charge >= 0.3 is 12.0 Å². The molecule has 1 fully saturated rings. The standard InChI is InChI=1S/C22H16N2O7/c1-29-17-8-7-12(10-18(17)30-2)9-15-20(26)24(22(28)23-15)11-14-19(25)13-5-3-4-6-16(13)31-21(14)27/h3-11H,1-2H3,(H,23,28)/b14-11+,15-9-. The number of ether oxygens (including phenoxy) is 3. The number of fused-ring (bicyclic) bond motifs is 1. The number of amides is 3. The Kier molecular flexibility index (Phi) is 5.00. The van der Waals surface area contributed by atoms with Gasteiger partial charge in [-0.2, -0.15) is 0 Å². The van der Waals surface area contributed by atoms with Crippen LogP contribution in [0.5, 0.6) is 17.2 Å². The SMILES string of the molecule is COc1ccc(/C=C2\NC(=O)N(/C=C3/C(=O)Oc4ccccc4C3=O)C2=O)cc1OC. The maximum absolute atomic E-state index is 12.7. The van der Waals surface area contributed by atoms with Gasteiger partial charge in [0.2, 0.25) is 5.78 Å². The Balaban J connectivity index is 1.64. The zero-order valence-electron chi connectivity index (χ0n) is 16.5. The Bertz CT molecular complexity index is 1200. The highest BCUT2D eigenvalue weighted by atomic mass is 16.5. The minimum absolute atomic E-state index is 0.0360. The average Bonchev–Trinajstić information content (AvgIpc) is 3.03. The summed E-state index contributed by atoms with van der Waals surface area (Å²) in [6.45, 7) is 0. The minimum Gasteiger partial charge on any atom is -0.493 e. The van der Waals surface area contributed by atoms with Crippen molar-refractivity contribution < 1.29 is 33.4 Å². The van der Waals surface area contributed by atoms with Crippen molar-refractivity contribution in [1.29, 1.82) is 0 Å². The Labute approximate surface area is 176 Å². The molecule has 31 heavy (non-hydrogen) atoms. The van der Waals surface area contributed by atoms with Crippen LogP contribution in [-0.2, 0) is 9.59 Å². The van der Waals surface area contributed by atoms with Crippen LogP contribution >= 0.6 is 0 Å². The van der Waals surface area contributed by atoms with Crippen LogP contribution in [0.3, 0.4) is 0 Å². The summed E-state index contributed by atoms with van der Waals surface area (Å²) in [5, 5.41) is 2.43. The first-order chi connectivity index (χ1) is 14.9. The fraction of sp³-hybridized carbons (Fsp3) is 0.0909. The molecular formula is C22H16N2O7. The van der Waals surface area contributed by atoms with Gasteiger partial charge in [0.1, 0.15) is 17.0 Å². The Morgan fingerprint density at radius 1 is 0.968 bits per heavy atom. The number of nitrogens with one attached hydrogen (secondary N) is 1. The molecule has 2 aliphatic rings. The lowest BCUT2D eigenvalue weighted by atomic mass is 10.0. The molecule has 0 atom stereocenters. The van der Waals surface area contributed by atoms with Crippen LogP contribution in [-0.4, -0.2) is 42.8 Å². The van der Waals surface area contributed by atoms with E-state index in [-0.39, 0.29) is 17.0 Å². The number of ketones is 1. The van der Waals surface area contributed by atoms with E-state index in [0.717, 1.165) is 6.20 Å². The molecule has 2 aromatic rings. The largest absolute Gasteiger partial charge is 0.493 e. The monoisotopic (exact) mass is 420 g/mol. The van der Waals surface area contributed by atoms with Crippen molar-refractivity contribution in [2.24, 2.45) is 0 Å². The van der Waals surface area contributed by atoms with Crippen molar-refractivity contribution >= 4 is 29.8 Å². The molecule has 0 bridgehead atoms. The van der Waals surface area contributed by atoms with Gasteiger partial charge in [0.25, 0.3) is 5.91 Å². The Hall–Kier alpha value is -4.40. The van der Waals surface area contributed by atoms with Crippen molar-refractivity contribution in [3.63, 3.8) is 0 Å². The molecule has 2 aromatic carbocycles. The van der Waals surface area contributed by atoms with Gasteiger partial charge in [-0.3, -0.25) is 9.59 Å². The summed E-state index contributed by atoms with van der Waals surface area (Å²) in [4.78, 5) is 50.6. The van der Waals surface area contributed by atoms with Crippen molar-refractivity contribution in [2.75, 3.05) is 14.2 Å². The first-order valence-electron chi connectivity index (χ1n) is 9.09. The normalized spacial score (nSPS) is 18.2.